The summed E-state index contributed by atoms with van der Waals surface area (Å²) in [6.45, 7) is 5.80. The molecule has 1 heterocycles. The van der Waals surface area contributed by atoms with Crippen LogP contribution in [-0.4, -0.2) is 33.8 Å². The Morgan fingerprint density at radius 3 is 2.45 bits per heavy atom. The minimum atomic E-state index is -1.02. The third kappa shape index (κ3) is 5.00. The predicted octanol–water partition coefficient (Wildman–Crippen LogP) is 4.30. The van der Waals surface area contributed by atoms with Gasteiger partial charge in [-0.05, 0) is 55.2 Å². The number of ether oxygens (including phenoxy) is 2. The first kappa shape index (κ1) is 23.5. The van der Waals surface area contributed by atoms with Gasteiger partial charge in [-0.2, -0.15) is 0 Å². The van der Waals surface area contributed by atoms with E-state index in [1.165, 1.54) is 0 Å². The Hall–Kier alpha value is -4.21. The number of aromatic nitrogens is 2. The second-order valence-corrected chi connectivity index (χ2v) is 7.24. The van der Waals surface area contributed by atoms with E-state index in [4.69, 9.17) is 20.7 Å². The fourth-order valence-corrected chi connectivity index (χ4v) is 3.26. The molecular formula is C23H25N5O5. The quantitative estimate of drug-likeness (QED) is 0.352. The van der Waals surface area contributed by atoms with Crippen molar-refractivity contribution in [3.8, 4) is 34.0 Å². The van der Waals surface area contributed by atoms with Crippen LogP contribution in [0, 0.1) is 12.5 Å². The Morgan fingerprint density at radius 2 is 1.88 bits per heavy atom. The molecule has 0 aliphatic heterocycles. The number of aromatic amines is 1. The van der Waals surface area contributed by atoms with Gasteiger partial charge in [0.2, 0.25) is 0 Å². The van der Waals surface area contributed by atoms with Crippen molar-refractivity contribution in [3.63, 3.8) is 0 Å². The van der Waals surface area contributed by atoms with Gasteiger partial charge in [0.05, 0.1) is 12.2 Å². The van der Waals surface area contributed by atoms with Gasteiger partial charge in [0.15, 0.2) is 17.6 Å². The van der Waals surface area contributed by atoms with Crippen molar-refractivity contribution < 1.29 is 19.4 Å². The van der Waals surface area contributed by atoms with Crippen LogP contribution in [0.25, 0.3) is 22.5 Å². The van der Waals surface area contributed by atoms with Crippen LogP contribution >= 0.6 is 0 Å². The van der Waals surface area contributed by atoms with Crippen LogP contribution in [0.2, 0.25) is 0 Å². The van der Waals surface area contributed by atoms with Crippen LogP contribution < -0.4 is 20.8 Å². The summed E-state index contributed by atoms with van der Waals surface area (Å²) in [5, 5.41) is 12.4. The average molecular weight is 451 g/mol. The fraction of sp³-hybridized carbons (Fsp3) is 0.261. The summed E-state index contributed by atoms with van der Waals surface area (Å²) in [6.07, 6.45) is -0.602. The molecular weight excluding hydrogens is 426 g/mol. The molecule has 33 heavy (non-hydrogen) atoms. The number of nitrogens with one attached hydrogen (secondary N) is 2. The zero-order valence-electron chi connectivity index (χ0n) is 18.5. The number of nitrogen functional groups attached to an aromatic ring is 1. The Balaban J connectivity index is 2.05. The minimum Gasteiger partial charge on any atom is -0.493 e. The second-order valence-electron chi connectivity index (χ2n) is 7.24. The van der Waals surface area contributed by atoms with Crippen molar-refractivity contribution in [2.24, 2.45) is 5.11 Å². The molecule has 10 nitrogen and oxygen atoms in total. The summed E-state index contributed by atoms with van der Waals surface area (Å²) in [6, 6.07) is 10.9. The standard InChI is InChI=1S/C23H25N5O5/c1-4-16(23(30)31)33-17-10-13(7-6-12(17)3)14-8-9-15(18(11-14)32-5-2)21-26-20(24)19(28-25)22(29)27-21/h6-11,16,25H,4-5H2,1-3H3,(H,30,31)(H3,24,26,27,29). The van der Waals surface area contributed by atoms with E-state index in [-0.39, 0.29) is 17.3 Å². The highest BCUT2D eigenvalue weighted by Gasteiger charge is 2.19. The summed E-state index contributed by atoms with van der Waals surface area (Å²) in [7, 11) is 0. The first-order chi connectivity index (χ1) is 15.8. The monoisotopic (exact) mass is 451 g/mol. The van der Waals surface area contributed by atoms with Gasteiger partial charge < -0.3 is 25.3 Å². The van der Waals surface area contributed by atoms with Crippen LogP contribution in [0.3, 0.4) is 0 Å². The van der Waals surface area contributed by atoms with Gasteiger partial charge in [-0.25, -0.2) is 15.3 Å². The lowest BCUT2D eigenvalue weighted by atomic mass is 10.0. The van der Waals surface area contributed by atoms with Gasteiger partial charge in [-0.3, -0.25) is 4.79 Å². The summed E-state index contributed by atoms with van der Waals surface area (Å²) < 4.78 is 11.5. The minimum absolute atomic E-state index is 0.153. The number of anilines is 1. The van der Waals surface area contributed by atoms with Crippen LogP contribution in [0.5, 0.6) is 11.5 Å². The molecule has 172 valence electrons. The van der Waals surface area contributed by atoms with Crippen molar-refractivity contribution in [2.75, 3.05) is 12.3 Å². The number of H-pyrrole nitrogens is 1. The first-order valence-corrected chi connectivity index (χ1v) is 10.3. The number of carboxylic acid groups (broad SMARTS) is 1. The highest BCUT2D eigenvalue weighted by molar-refractivity contribution is 5.76. The number of aryl methyl sites for hydroxylation is 1. The largest absolute Gasteiger partial charge is 0.493 e. The normalized spacial score (nSPS) is 11.6. The maximum atomic E-state index is 12.2. The first-order valence-electron chi connectivity index (χ1n) is 10.3. The number of carbonyl (C=O) groups is 1. The van der Waals surface area contributed by atoms with E-state index in [2.05, 4.69) is 15.1 Å². The Morgan fingerprint density at radius 1 is 1.21 bits per heavy atom. The lowest BCUT2D eigenvalue weighted by Gasteiger charge is -2.17. The molecule has 0 aliphatic rings. The molecule has 3 rings (SSSR count). The third-order valence-electron chi connectivity index (χ3n) is 5.01. The third-order valence-corrected chi connectivity index (χ3v) is 5.01. The number of aliphatic carboxylic acids is 1. The molecule has 0 aliphatic carbocycles. The predicted molar refractivity (Wildman–Crippen MR) is 123 cm³/mol. The zero-order chi connectivity index (χ0) is 24.1. The topological polar surface area (TPSA) is 164 Å². The molecule has 2 aromatic carbocycles. The molecule has 1 unspecified atom stereocenters. The fourth-order valence-electron chi connectivity index (χ4n) is 3.26. The molecule has 0 saturated carbocycles. The molecule has 0 saturated heterocycles. The summed E-state index contributed by atoms with van der Waals surface area (Å²) in [5.74, 6) is -0.0275. The summed E-state index contributed by atoms with van der Waals surface area (Å²) in [5.41, 5.74) is 14.9. The van der Waals surface area contributed by atoms with E-state index < -0.39 is 17.6 Å². The lowest BCUT2D eigenvalue weighted by Crippen LogP contribution is -2.26. The van der Waals surface area contributed by atoms with Crippen molar-refractivity contribution in [2.45, 2.75) is 33.3 Å². The molecule has 0 amide bonds. The molecule has 10 heteroatoms. The number of benzene rings is 2. The van der Waals surface area contributed by atoms with Crippen molar-refractivity contribution in [3.05, 3.63) is 52.3 Å². The SMILES string of the molecule is CCOc1cc(-c2ccc(C)c(OC(CC)C(=O)O)c2)ccc1-c1nc(N)c(N=N)c(=O)[nH]1. The van der Waals surface area contributed by atoms with Gasteiger partial charge in [0, 0.05) is 0 Å². The number of rotatable bonds is 9. The smallest absolute Gasteiger partial charge is 0.344 e. The van der Waals surface area contributed by atoms with E-state index in [1.807, 2.05) is 32.0 Å². The number of nitrogens with zero attached hydrogens (tertiary/aromatic N) is 2. The van der Waals surface area contributed by atoms with E-state index in [1.54, 1.807) is 25.1 Å². The van der Waals surface area contributed by atoms with Crippen molar-refractivity contribution in [1.82, 2.24) is 9.97 Å². The summed E-state index contributed by atoms with van der Waals surface area (Å²) >= 11 is 0. The molecule has 1 aromatic heterocycles. The zero-order valence-corrected chi connectivity index (χ0v) is 18.5. The maximum Gasteiger partial charge on any atom is 0.344 e. The number of hydrogen-bond acceptors (Lipinski definition) is 8. The Labute approximate surface area is 189 Å². The Kier molecular flexibility index (Phi) is 7.07. The number of nitrogens with two attached hydrogens (primary N) is 1. The van der Waals surface area contributed by atoms with Gasteiger partial charge in [0.25, 0.3) is 5.56 Å². The maximum absolute atomic E-state index is 12.2. The number of carboxylic acids is 1. The van der Waals surface area contributed by atoms with E-state index in [0.29, 0.717) is 30.1 Å². The van der Waals surface area contributed by atoms with Crippen LogP contribution in [0.15, 0.2) is 46.3 Å². The van der Waals surface area contributed by atoms with Crippen molar-refractivity contribution in [1.29, 1.82) is 5.53 Å². The van der Waals surface area contributed by atoms with Gasteiger partial charge >= 0.3 is 5.97 Å². The molecule has 0 spiro atoms. The van der Waals surface area contributed by atoms with Crippen molar-refractivity contribution >= 4 is 17.5 Å². The number of hydrogen-bond donors (Lipinski definition) is 4. The molecule has 0 bridgehead atoms. The van der Waals surface area contributed by atoms with Gasteiger partial charge in [-0.15, -0.1) is 5.11 Å². The molecule has 3 aromatic rings. The van der Waals surface area contributed by atoms with Gasteiger partial charge in [0.1, 0.15) is 17.3 Å². The van der Waals surface area contributed by atoms with Crippen LogP contribution in [-0.2, 0) is 4.79 Å². The summed E-state index contributed by atoms with van der Waals surface area (Å²) in [4.78, 5) is 30.3. The lowest BCUT2D eigenvalue weighted by molar-refractivity contribution is -0.145. The molecule has 0 fully saturated rings. The van der Waals surface area contributed by atoms with E-state index in [9.17, 15) is 14.7 Å². The Bertz CT molecular complexity index is 1250. The highest BCUT2D eigenvalue weighted by Crippen LogP contribution is 2.35. The van der Waals surface area contributed by atoms with E-state index >= 15 is 0 Å². The molecule has 0 radical (unpaired) electrons. The van der Waals surface area contributed by atoms with Crippen LogP contribution in [0.4, 0.5) is 11.5 Å². The second kappa shape index (κ2) is 9.94. The van der Waals surface area contributed by atoms with Gasteiger partial charge in [-0.1, -0.05) is 25.1 Å². The molecule has 1 atom stereocenters. The average Bonchev–Trinajstić information content (AvgIpc) is 2.78. The van der Waals surface area contributed by atoms with Crippen LogP contribution in [0.1, 0.15) is 25.8 Å². The molecule has 5 N–H and O–H groups in total. The highest BCUT2D eigenvalue weighted by atomic mass is 16.5. The van der Waals surface area contributed by atoms with E-state index in [0.717, 1.165) is 16.7 Å².